The summed E-state index contributed by atoms with van der Waals surface area (Å²) in [5.74, 6) is 0.516. The lowest BCUT2D eigenvalue weighted by Gasteiger charge is -2.23. The van der Waals surface area contributed by atoms with Crippen LogP contribution in [0.3, 0.4) is 0 Å². The maximum absolute atomic E-state index is 13.2. The van der Waals surface area contributed by atoms with Crippen molar-refractivity contribution >= 4 is 5.97 Å². The summed E-state index contributed by atoms with van der Waals surface area (Å²) in [5.41, 5.74) is 0.258. The molecule has 0 bridgehead atoms. The maximum Gasteiger partial charge on any atom is 0.306 e. The van der Waals surface area contributed by atoms with Crippen LogP contribution in [0.1, 0.15) is 161 Å². The predicted molar refractivity (Wildman–Crippen MR) is 146 cm³/mol. The standard InChI is InChI=1S/C32H56O4/c33-30(25-28-17-13-9-5-1-3-7-11-15-21-31(23-19-28)26-34-31)36-29-18-14-10-6-2-4-8-12-16-22-32(24-20-29)27-35-32/h28-29H,1-27H2. The van der Waals surface area contributed by atoms with E-state index in [4.69, 9.17) is 14.2 Å². The number of esters is 1. The van der Waals surface area contributed by atoms with Crippen molar-refractivity contribution in [2.75, 3.05) is 13.2 Å². The third-order valence-electron chi connectivity index (χ3n) is 9.69. The molecule has 2 spiro atoms. The second kappa shape index (κ2) is 15.1. The molecule has 0 radical (unpaired) electrons. The summed E-state index contributed by atoms with van der Waals surface area (Å²) in [6.45, 7) is 1.86. The molecule has 0 aromatic heterocycles. The van der Waals surface area contributed by atoms with E-state index in [0.717, 1.165) is 45.3 Å². The number of epoxide rings is 2. The number of carbonyl (C=O) groups is 1. The first kappa shape index (κ1) is 28.4. The SMILES string of the molecule is O=C(CC1CCCCCCCCCCC2(CC1)CO2)OC1CCCCCCCCCCC2(CC1)CO2. The molecule has 2 heterocycles. The lowest BCUT2D eigenvalue weighted by atomic mass is 9.87. The summed E-state index contributed by atoms with van der Waals surface area (Å²) in [6, 6.07) is 0. The first-order valence-electron chi connectivity index (χ1n) is 16.1. The minimum Gasteiger partial charge on any atom is -0.462 e. The van der Waals surface area contributed by atoms with Crippen LogP contribution in [0.25, 0.3) is 0 Å². The topological polar surface area (TPSA) is 51.4 Å². The molecule has 2 aliphatic carbocycles. The van der Waals surface area contributed by atoms with Gasteiger partial charge < -0.3 is 14.2 Å². The van der Waals surface area contributed by atoms with Gasteiger partial charge in [-0.2, -0.15) is 0 Å². The van der Waals surface area contributed by atoms with Gasteiger partial charge in [0, 0.05) is 6.42 Å². The largest absolute Gasteiger partial charge is 0.462 e. The van der Waals surface area contributed by atoms with Gasteiger partial charge >= 0.3 is 5.97 Å². The molecule has 4 atom stereocenters. The first-order chi connectivity index (χ1) is 17.7. The fraction of sp³-hybridized carbons (Fsp3) is 0.969. The summed E-state index contributed by atoms with van der Waals surface area (Å²) in [7, 11) is 0. The molecular formula is C32H56O4. The summed E-state index contributed by atoms with van der Waals surface area (Å²) < 4.78 is 18.1. The fourth-order valence-corrected chi connectivity index (χ4v) is 6.82. The molecule has 0 aromatic rings. The van der Waals surface area contributed by atoms with E-state index < -0.39 is 0 Å². The van der Waals surface area contributed by atoms with Gasteiger partial charge in [0.15, 0.2) is 0 Å². The van der Waals surface area contributed by atoms with E-state index in [1.807, 2.05) is 0 Å². The Bertz CT molecular complexity index is 572. The van der Waals surface area contributed by atoms with Gasteiger partial charge in [-0.1, -0.05) is 96.3 Å². The van der Waals surface area contributed by atoms with E-state index in [1.165, 1.54) is 122 Å². The molecule has 208 valence electrons. The predicted octanol–water partition coefficient (Wildman–Crippen LogP) is 8.83. The average molecular weight is 505 g/mol. The highest BCUT2D eigenvalue weighted by molar-refractivity contribution is 5.69. The second-order valence-corrected chi connectivity index (χ2v) is 12.9. The molecule has 2 saturated carbocycles. The molecule has 4 fully saturated rings. The monoisotopic (exact) mass is 504 g/mol. The van der Waals surface area contributed by atoms with E-state index in [2.05, 4.69) is 0 Å². The van der Waals surface area contributed by atoms with Crippen LogP contribution in [-0.2, 0) is 19.0 Å². The summed E-state index contributed by atoms with van der Waals surface area (Å²) in [6.07, 6.45) is 30.9. The molecule has 4 nitrogen and oxygen atoms in total. The molecule has 4 rings (SSSR count). The van der Waals surface area contributed by atoms with Gasteiger partial charge in [0.1, 0.15) is 6.10 Å². The van der Waals surface area contributed by atoms with E-state index in [9.17, 15) is 4.79 Å². The lowest BCUT2D eigenvalue weighted by Crippen LogP contribution is -2.24. The summed E-state index contributed by atoms with van der Waals surface area (Å²) in [4.78, 5) is 13.2. The Morgan fingerprint density at radius 3 is 1.53 bits per heavy atom. The Balaban J connectivity index is 1.26. The van der Waals surface area contributed by atoms with Crippen molar-refractivity contribution in [3.63, 3.8) is 0 Å². The van der Waals surface area contributed by atoms with Crippen LogP contribution >= 0.6 is 0 Å². The second-order valence-electron chi connectivity index (χ2n) is 12.9. The van der Waals surface area contributed by atoms with Gasteiger partial charge in [0.2, 0.25) is 0 Å². The number of hydrogen-bond acceptors (Lipinski definition) is 4. The molecule has 2 aliphatic heterocycles. The minimum atomic E-state index is 0.0590. The van der Waals surface area contributed by atoms with Gasteiger partial charge in [0.25, 0.3) is 0 Å². The Morgan fingerprint density at radius 1 is 0.556 bits per heavy atom. The highest BCUT2D eigenvalue weighted by Crippen LogP contribution is 2.41. The first-order valence-corrected chi connectivity index (χ1v) is 16.1. The molecule has 0 aromatic carbocycles. The Morgan fingerprint density at radius 2 is 1.00 bits per heavy atom. The molecule has 2 saturated heterocycles. The zero-order valence-electron chi connectivity index (χ0n) is 23.4. The maximum atomic E-state index is 13.2. The molecular weight excluding hydrogens is 448 g/mol. The Labute approximate surface area is 222 Å². The van der Waals surface area contributed by atoms with E-state index in [-0.39, 0.29) is 23.3 Å². The van der Waals surface area contributed by atoms with Gasteiger partial charge in [-0.15, -0.1) is 0 Å². The molecule has 4 heteroatoms. The van der Waals surface area contributed by atoms with Crippen LogP contribution in [0.2, 0.25) is 0 Å². The van der Waals surface area contributed by atoms with E-state index >= 15 is 0 Å². The van der Waals surface area contributed by atoms with Crippen molar-refractivity contribution < 1.29 is 19.0 Å². The van der Waals surface area contributed by atoms with Crippen molar-refractivity contribution in [1.29, 1.82) is 0 Å². The van der Waals surface area contributed by atoms with Crippen LogP contribution in [0.4, 0.5) is 0 Å². The van der Waals surface area contributed by atoms with Gasteiger partial charge in [-0.25, -0.2) is 0 Å². The van der Waals surface area contributed by atoms with Gasteiger partial charge in [-0.3, -0.25) is 4.79 Å². The van der Waals surface area contributed by atoms with Crippen LogP contribution < -0.4 is 0 Å². The Hall–Kier alpha value is -0.610. The summed E-state index contributed by atoms with van der Waals surface area (Å²) >= 11 is 0. The smallest absolute Gasteiger partial charge is 0.306 e. The highest BCUT2D eigenvalue weighted by Gasteiger charge is 2.44. The number of carbonyl (C=O) groups excluding carboxylic acids is 1. The zero-order valence-corrected chi connectivity index (χ0v) is 23.4. The van der Waals surface area contributed by atoms with Crippen molar-refractivity contribution in [1.82, 2.24) is 0 Å². The van der Waals surface area contributed by atoms with Crippen molar-refractivity contribution in [2.24, 2.45) is 5.92 Å². The van der Waals surface area contributed by atoms with Gasteiger partial charge in [0.05, 0.1) is 24.4 Å². The van der Waals surface area contributed by atoms with Crippen LogP contribution in [-0.4, -0.2) is 36.5 Å². The van der Waals surface area contributed by atoms with Crippen LogP contribution in [0.15, 0.2) is 0 Å². The lowest BCUT2D eigenvalue weighted by molar-refractivity contribution is -0.151. The molecule has 0 amide bonds. The van der Waals surface area contributed by atoms with Crippen molar-refractivity contribution in [2.45, 2.75) is 178 Å². The van der Waals surface area contributed by atoms with Gasteiger partial charge in [-0.05, 0) is 63.7 Å². The summed E-state index contributed by atoms with van der Waals surface area (Å²) in [5, 5.41) is 0. The van der Waals surface area contributed by atoms with E-state index in [1.54, 1.807) is 0 Å². The van der Waals surface area contributed by atoms with Crippen molar-refractivity contribution in [3.05, 3.63) is 0 Å². The average Bonchev–Trinajstić information content (AvgIpc) is 3.80. The zero-order chi connectivity index (χ0) is 24.9. The molecule has 4 aliphatic rings. The Kier molecular flexibility index (Phi) is 11.9. The molecule has 36 heavy (non-hydrogen) atoms. The van der Waals surface area contributed by atoms with Crippen molar-refractivity contribution in [3.8, 4) is 0 Å². The van der Waals surface area contributed by atoms with E-state index in [0.29, 0.717) is 12.3 Å². The number of rotatable bonds is 3. The molecule has 4 unspecified atom stereocenters. The third kappa shape index (κ3) is 10.6. The third-order valence-corrected chi connectivity index (χ3v) is 9.69. The van der Waals surface area contributed by atoms with Crippen LogP contribution in [0.5, 0.6) is 0 Å². The van der Waals surface area contributed by atoms with Crippen LogP contribution in [0, 0.1) is 5.92 Å². The highest BCUT2D eigenvalue weighted by atomic mass is 16.6. The fourth-order valence-electron chi connectivity index (χ4n) is 6.82. The normalized spacial score (nSPS) is 36.4. The number of ether oxygens (including phenoxy) is 3. The molecule has 0 N–H and O–H groups in total. The quantitative estimate of drug-likeness (QED) is 0.284. The minimum absolute atomic E-state index is 0.0590. The number of hydrogen-bond donors (Lipinski definition) is 0.